The first-order valence-corrected chi connectivity index (χ1v) is 7.39. The van der Waals surface area contributed by atoms with E-state index in [-0.39, 0.29) is 11.9 Å². The van der Waals surface area contributed by atoms with Crippen molar-refractivity contribution < 1.29 is 4.39 Å². The maximum Gasteiger partial charge on any atom is 0.150 e. The number of aromatic nitrogens is 2. The first-order valence-electron chi connectivity index (χ1n) is 6.58. The van der Waals surface area contributed by atoms with Crippen LogP contribution in [0.5, 0.6) is 0 Å². The Bertz CT molecular complexity index is 527. The third-order valence-electron chi connectivity index (χ3n) is 2.89. The standard InChI is InChI=1S/C14H18FN3S/c1-3-9-16-12(4-2)14-18-17-13(19-14)10-7-5-6-8-11(10)15/h5-8,12,16H,3-4,9H2,1-2H3. The van der Waals surface area contributed by atoms with Crippen LogP contribution in [0.2, 0.25) is 0 Å². The fraction of sp³-hybridized carbons (Fsp3) is 0.429. The highest BCUT2D eigenvalue weighted by atomic mass is 32.1. The largest absolute Gasteiger partial charge is 0.308 e. The van der Waals surface area contributed by atoms with Gasteiger partial charge in [-0.1, -0.05) is 37.3 Å². The molecule has 0 aliphatic carbocycles. The molecular weight excluding hydrogens is 261 g/mol. The molecule has 0 saturated carbocycles. The maximum absolute atomic E-state index is 13.7. The number of hydrogen-bond acceptors (Lipinski definition) is 4. The molecule has 2 rings (SSSR count). The summed E-state index contributed by atoms with van der Waals surface area (Å²) in [7, 11) is 0. The molecule has 0 radical (unpaired) electrons. The number of nitrogens with zero attached hydrogens (tertiary/aromatic N) is 2. The normalized spacial score (nSPS) is 12.6. The number of benzene rings is 1. The molecule has 3 nitrogen and oxygen atoms in total. The first-order chi connectivity index (χ1) is 9.26. The lowest BCUT2D eigenvalue weighted by molar-refractivity contribution is 0.513. The highest BCUT2D eigenvalue weighted by Gasteiger charge is 2.16. The molecule has 2 aromatic rings. The molecule has 1 heterocycles. The minimum atomic E-state index is -0.250. The number of hydrogen-bond donors (Lipinski definition) is 1. The molecule has 1 N–H and O–H groups in total. The maximum atomic E-state index is 13.7. The van der Waals surface area contributed by atoms with Crippen LogP contribution >= 0.6 is 11.3 Å². The van der Waals surface area contributed by atoms with Crippen LogP contribution in [0.3, 0.4) is 0 Å². The van der Waals surface area contributed by atoms with E-state index in [1.165, 1.54) is 17.4 Å². The highest BCUT2D eigenvalue weighted by Crippen LogP contribution is 2.29. The Labute approximate surface area is 116 Å². The van der Waals surface area contributed by atoms with Crippen LogP contribution in [-0.2, 0) is 0 Å². The van der Waals surface area contributed by atoms with E-state index in [9.17, 15) is 4.39 Å². The van der Waals surface area contributed by atoms with Gasteiger partial charge in [0, 0.05) is 5.56 Å². The summed E-state index contributed by atoms with van der Waals surface area (Å²) >= 11 is 1.46. The van der Waals surface area contributed by atoms with Gasteiger partial charge in [-0.25, -0.2) is 4.39 Å². The zero-order valence-electron chi connectivity index (χ0n) is 11.2. The molecule has 1 atom stereocenters. The Balaban J connectivity index is 2.21. The van der Waals surface area contributed by atoms with Gasteiger partial charge in [0.25, 0.3) is 0 Å². The number of rotatable bonds is 6. The van der Waals surface area contributed by atoms with Crippen molar-refractivity contribution in [2.24, 2.45) is 0 Å². The average Bonchev–Trinajstić information content (AvgIpc) is 2.90. The molecule has 0 aliphatic rings. The van der Waals surface area contributed by atoms with E-state index in [0.29, 0.717) is 10.6 Å². The number of halogens is 1. The Morgan fingerprint density at radius 3 is 2.74 bits per heavy atom. The summed E-state index contributed by atoms with van der Waals surface area (Å²) in [5.74, 6) is -0.250. The van der Waals surface area contributed by atoms with Crippen LogP contribution in [0, 0.1) is 5.82 Å². The van der Waals surface area contributed by atoms with Gasteiger partial charge < -0.3 is 5.32 Å². The molecule has 1 aromatic heterocycles. The van der Waals surface area contributed by atoms with E-state index in [2.05, 4.69) is 29.4 Å². The second kappa shape index (κ2) is 6.73. The highest BCUT2D eigenvalue weighted by molar-refractivity contribution is 7.14. The summed E-state index contributed by atoms with van der Waals surface area (Å²) in [5.41, 5.74) is 0.525. The lowest BCUT2D eigenvalue weighted by Crippen LogP contribution is -2.21. The molecule has 0 bridgehead atoms. The Hall–Kier alpha value is -1.33. The van der Waals surface area contributed by atoms with Gasteiger partial charge in [0.1, 0.15) is 10.8 Å². The van der Waals surface area contributed by atoms with E-state index in [4.69, 9.17) is 0 Å². The fourth-order valence-electron chi connectivity index (χ4n) is 1.84. The second-order valence-electron chi connectivity index (χ2n) is 4.34. The molecule has 0 aliphatic heterocycles. The third kappa shape index (κ3) is 3.36. The smallest absolute Gasteiger partial charge is 0.150 e. The van der Waals surface area contributed by atoms with Gasteiger partial charge in [-0.3, -0.25) is 0 Å². The summed E-state index contributed by atoms with van der Waals surface area (Å²) in [5, 5.41) is 13.3. The topological polar surface area (TPSA) is 37.8 Å². The van der Waals surface area contributed by atoms with E-state index >= 15 is 0 Å². The molecule has 1 aromatic carbocycles. The Morgan fingerprint density at radius 1 is 1.26 bits per heavy atom. The lowest BCUT2D eigenvalue weighted by Gasteiger charge is -2.12. The van der Waals surface area contributed by atoms with Gasteiger partial charge in [-0.15, -0.1) is 10.2 Å². The number of nitrogens with one attached hydrogen (secondary N) is 1. The Kier molecular flexibility index (Phi) is 4.99. The van der Waals surface area contributed by atoms with Crippen LogP contribution < -0.4 is 5.32 Å². The van der Waals surface area contributed by atoms with Gasteiger partial charge in [0.05, 0.1) is 6.04 Å². The average molecular weight is 279 g/mol. The SMILES string of the molecule is CCCNC(CC)c1nnc(-c2ccccc2F)s1. The van der Waals surface area contributed by atoms with Gasteiger partial charge >= 0.3 is 0 Å². The summed E-state index contributed by atoms with van der Waals surface area (Å²) in [6.45, 7) is 5.19. The summed E-state index contributed by atoms with van der Waals surface area (Å²) in [6.07, 6.45) is 2.03. The van der Waals surface area contributed by atoms with Crippen molar-refractivity contribution in [2.75, 3.05) is 6.54 Å². The molecule has 0 saturated heterocycles. The lowest BCUT2D eigenvalue weighted by atomic mass is 10.2. The Morgan fingerprint density at radius 2 is 2.05 bits per heavy atom. The van der Waals surface area contributed by atoms with Crippen LogP contribution in [0.25, 0.3) is 10.6 Å². The zero-order valence-corrected chi connectivity index (χ0v) is 12.0. The first kappa shape index (κ1) is 14.1. The van der Waals surface area contributed by atoms with Crippen LogP contribution in [0.1, 0.15) is 37.7 Å². The monoisotopic (exact) mass is 279 g/mol. The van der Waals surface area contributed by atoms with Crippen LogP contribution in [-0.4, -0.2) is 16.7 Å². The third-order valence-corrected chi connectivity index (χ3v) is 3.96. The van der Waals surface area contributed by atoms with Gasteiger partial charge in [-0.05, 0) is 31.5 Å². The molecule has 102 valence electrons. The summed E-state index contributed by atoms with van der Waals surface area (Å²) < 4.78 is 13.7. The second-order valence-corrected chi connectivity index (χ2v) is 5.35. The predicted octanol–water partition coefficient (Wildman–Crippen LogP) is 3.79. The zero-order chi connectivity index (χ0) is 13.7. The minimum Gasteiger partial charge on any atom is -0.308 e. The van der Waals surface area contributed by atoms with E-state index in [0.717, 1.165) is 24.4 Å². The van der Waals surface area contributed by atoms with Gasteiger partial charge in [0.15, 0.2) is 5.01 Å². The fourth-order valence-corrected chi connectivity index (χ4v) is 2.87. The van der Waals surface area contributed by atoms with Crippen molar-refractivity contribution in [2.45, 2.75) is 32.7 Å². The van der Waals surface area contributed by atoms with Crippen molar-refractivity contribution in [1.82, 2.24) is 15.5 Å². The molecule has 5 heteroatoms. The van der Waals surface area contributed by atoms with Crippen molar-refractivity contribution in [1.29, 1.82) is 0 Å². The minimum absolute atomic E-state index is 0.206. The molecule has 0 fully saturated rings. The van der Waals surface area contributed by atoms with Gasteiger partial charge in [-0.2, -0.15) is 0 Å². The van der Waals surface area contributed by atoms with E-state index in [1.807, 2.05) is 6.07 Å². The quantitative estimate of drug-likeness (QED) is 0.874. The van der Waals surface area contributed by atoms with Crippen LogP contribution in [0.4, 0.5) is 4.39 Å². The van der Waals surface area contributed by atoms with Crippen molar-refractivity contribution in [3.05, 3.63) is 35.1 Å². The summed E-state index contributed by atoms with van der Waals surface area (Å²) in [6, 6.07) is 6.88. The molecule has 0 amide bonds. The summed E-state index contributed by atoms with van der Waals surface area (Å²) in [4.78, 5) is 0. The van der Waals surface area contributed by atoms with Crippen molar-refractivity contribution in [3.63, 3.8) is 0 Å². The predicted molar refractivity (Wildman–Crippen MR) is 76.6 cm³/mol. The van der Waals surface area contributed by atoms with Gasteiger partial charge in [0.2, 0.25) is 0 Å². The molecule has 1 unspecified atom stereocenters. The molecular formula is C14H18FN3S. The van der Waals surface area contributed by atoms with E-state index < -0.39 is 0 Å². The van der Waals surface area contributed by atoms with Crippen molar-refractivity contribution >= 4 is 11.3 Å². The molecule has 0 spiro atoms. The van der Waals surface area contributed by atoms with Crippen molar-refractivity contribution in [3.8, 4) is 10.6 Å². The molecule has 19 heavy (non-hydrogen) atoms. The van der Waals surface area contributed by atoms with E-state index in [1.54, 1.807) is 12.1 Å². The van der Waals surface area contributed by atoms with Crippen LogP contribution in [0.15, 0.2) is 24.3 Å².